The highest BCUT2D eigenvalue weighted by Gasteiger charge is 2.18. The van der Waals surface area contributed by atoms with Crippen LogP contribution < -0.4 is 10.1 Å². The molecule has 1 atom stereocenters. The van der Waals surface area contributed by atoms with E-state index in [1.165, 1.54) is 25.3 Å². The van der Waals surface area contributed by atoms with Crippen molar-refractivity contribution >= 4 is 33.7 Å². The van der Waals surface area contributed by atoms with Gasteiger partial charge in [0.05, 0.1) is 7.11 Å². The molecule has 27 heavy (non-hydrogen) atoms. The smallest absolute Gasteiger partial charge is 0.412 e. The lowest BCUT2D eigenvalue weighted by Crippen LogP contribution is -2.17. The number of hydrogen-bond acceptors (Lipinski definition) is 5. The third-order valence-electron chi connectivity index (χ3n) is 3.53. The number of ether oxygens (including phenoxy) is 2. The van der Waals surface area contributed by atoms with Crippen molar-refractivity contribution in [3.05, 3.63) is 64.7 Å². The zero-order valence-corrected chi connectivity index (χ0v) is 16.0. The average molecular weight is 436 g/mol. The molecule has 0 aliphatic carbocycles. The number of hydrogen-bond donors (Lipinski definition) is 3. The van der Waals surface area contributed by atoms with E-state index in [0.717, 1.165) is 10.5 Å². The quantitative estimate of drug-likeness (QED) is 0.553. The predicted molar refractivity (Wildman–Crippen MR) is 103 cm³/mol. The Hall–Kier alpha value is -3.00. The zero-order valence-electron chi connectivity index (χ0n) is 14.4. The lowest BCUT2D eigenvalue weighted by atomic mass is 10.1. The normalized spacial score (nSPS) is 11.8. The molecule has 0 radical (unpaired) electrons. The number of anilines is 1. The van der Waals surface area contributed by atoms with Crippen LogP contribution in [0.1, 0.15) is 18.1 Å². The minimum Gasteiger partial charge on any atom is -0.504 e. The van der Waals surface area contributed by atoms with Crippen molar-refractivity contribution in [3.8, 4) is 11.5 Å². The second kappa shape index (κ2) is 9.63. The Bertz CT molecular complexity index is 835. The van der Waals surface area contributed by atoms with Crippen LogP contribution in [0.3, 0.4) is 0 Å². The summed E-state index contributed by atoms with van der Waals surface area (Å²) in [5.41, 5.74) is 1.04. The lowest BCUT2D eigenvalue weighted by molar-refractivity contribution is -0.131. The topological polar surface area (TPSA) is 105 Å². The fraction of sp³-hybridized carbons (Fsp3) is 0.158. The Morgan fingerprint density at radius 1 is 1.22 bits per heavy atom. The molecule has 7 nitrogen and oxygen atoms in total. The summed E-state index contributed by atoms with van der Waals surface area (Å²) in [7, 11) is 1.42. The molecular weight excluding hydrogens is 418 g/mol. The maximum Gasteiger partial charge on any atom is 0.412 e. The minimum atomic E-state index is -1.11. The highest BCUT2D eigenvalue weighted by Crippen LogP contribution is 2.32. The van der Waals surface area contributed by atoms with E-state index in [4.69, 9.17) is 14.6 Å². The van der Waals surface area contributed by atoms with E-state index in [0.29, 0.717) is 11.3 Å². The lowest BCUT2D eigenvalue weighted by Gasteiger charge is -2.18. The van der Waals surface area contributed by atoms with Crippen molar-refractivity contribution in [3.63, 3.8) is 0 Å². The second-order valence-corrected chi connectivity index (χ2v) is 6.35. The molecule has 0 saturated carbocycles. The molecule has 0 spiro atoms. The number of carboxylic acids is 1. The molecule has 3 N–H and O–H groups in total. The summed E-state index contributed by atoms with van der Waals surface area (Å²) in [5.74, 6) is -0.942. The Morgan fingerprint density at radius 2 is 1.93 bits per heavy atom. The molecule has 0 unspecified atom stereocenters. The molecule has 0 bridgehead atoms. The van der Waals surface area contributed by atoms with Crippen LogP contribution in [0.15, 0.2) is 59.1 Å². The van der Waals surface area contributed by atoms with Crippen molar-refractivity contribution < 1.29 is 29.3 Å². The molecule has 0 fully saturated rings. The van der Waals surface area contributed by atoms with Gasteiger partial charge in [-0.15, -0.1) is 0 Å². The Kier molecular flexibility index (Phi) is 7.25. The van der Waals surface area contributed by atoms with Gasteiger partial charge in [-0.25, -0.2) is 9.59 Å². The standard InChI is InChI=1S/C19H18BrNO6/c1-26-17-10-5-12(11-15(17)22)16(3-2-4-18(23)24)27-19(25)21-14-8-6-13(20)7-9-14/h2,4-11,16,22H,3H2,1H3,(H,21,25)(H,23,24)/b4-2+/t16-/m0/s1. The SMILES string of the molecule is COc1ccc([C@H](C/C=C/C(=O)O)OC(=O)Nc2ccc(Br)cc2)cc1O. The van der Waals surface area contributed by atoms with Gasteiger partial charge in [-0.1, -0.05) is 28.1 Å². The van der Waals surface area contributed by atoms with E-state index >= 15 is 0 Å². The molecule has 0 aliphatic heterocycles. The summed E-state index contributed by atoms with van der Waals surface area (Å²) in [4.78, 5) is 22.9. The maximum atomic E-state index is 12.2. The maximum absolute atomic E-state index is 12.2. The molecular formula is C19H18BrNO6. The number of rotatable bonds is 7. The van der Waals surface area contributed by atoms with Crippen LogP contribution in [-0.2, 0) is 9.53 Å². The second-order valence-electron chi connectivity index (χ2n) is 5.43. The number of phenolic OH excluding ortho intramolecular Hbond substituents is 1. The van der Waals surface area contributed by atoms with E-state index in [1.54, 1.807) is 30.3 Å². The summed E-state index contributed by atoms with van der Waals surface area (Å²) < 4.78 is 11.3. The summed E-state index contributed by atoms with van der Waals surface area (Å²) in [6.45, 7) is 0. The van der Waals surface area contributed by atoms with Gasteiger partial charge in [-0.2, -0.15) is 0 Å². The Labute approximate surface area is 164 Å². The fourth-order valence-electron chi connectivity index (χ4n) is 2.26. The number of nitrogens with one attached hydrogen (secondary N) is 1. The summed E-state index contributed by atoms with van der Waals surface area (Å²) in [6, 6.07) is 11.5. The van der Waals surface area contributed by atoms with E-state index in [2.05, 4.69) is 21.2 Å². The van der Waals surface area contributed by atoms with E-state index < -0.39 is 18.2 Å². The van der Waals surface area contributed by atoms with Crippen LogP contribution >= 0.6 is 15.9 Å². The number of carboxylic acid groups (broad SMARTS) is 1. The number of carbonyl (C=O) groups excluding carboxylic acids is 1. The molecule has 8 heteroatoms. The van der Waals surface area contributed by atoms with Crippen LogP contribution in [-0.4, -0.2) is 29.4 Å². The molecule has 2 aromatic carbocycles. The van der Waals surface area contributed by atoms with Gasteiger partial charge in [0.25, 0.3) is 0 Å². The van der Waals surface area contributed by atoms with E-state index in [1.807, 2.05) is 0 Å². The molecule has 0 aromatic heterocycles. The fourth-order valence-corrected chi connectivity index (χ4v) is 2.53. The number of halogens is 1. The monoisotopic (exact) mass is 435 g/mol. The number of methoxy groups -OCH3 is 1. The molecule has 2 aromatic rings. The van der Waals surface area contributed by atoms with Crippen LogP contribution in [0.4, 0.5) is 10.5 Å². The average Bonchev–Trinajstić information content (AvgIpc) is 2.62. The zero-order chi connectivity index (χ0) is 19.8. The van der Waals surface area contributed by atoms with E-state index in [-0.39, 0.29) is 17.9 Å². The molecule has 0 heterocycles. The molecule has 0 aliphatic rings. The first kappa shape index (κ1) is 20.3. The van der Waals surface area contributed by atoms with Crippen molar-refractivity contribution in [2.24, 2.45) is 0 Å². The van der Waals surface area contributed by atoms with Gasteiger partial charge in [0.1, 0.15) is 6.10 Å². The van der Waals surface area contributed by atoms with Crippen molar-refractivity contribution in [1.82, 2.24) is 0 Å². The minimum absolute atomic E-state index is 0.112. The number of carbonyl (C=O) groups is 2. The number of aliphatic carboxylic acids is 1. The summed E-state index contributed by atoms with van der Waals surface area (Å²) in [5, 5.41) is 21.3. The first-order valence-electron chi connectivity index (χ1n) is 7.88. The molecule has 142 valence electrons. The van der Waals surface area contributed by atoms with E-state index in [9.17, 15) is 14.7 Å². The van der Waals surface area contributed by atoms with Gasteiger partial charge < -0.3 is 19.7 Å². The highest BCUT2D eigenvalue weighted by atomic mass is 79.9. The van der Waals surface area contributed by atoms with Crippen LogP contribution in [0.2, 0.25) is 0 Å². The van der Waals surface area contributed by atoms with Crippen molar-refractivity contribution in [1.29, 1.82) is 0 Å². The Balaban J connectivity index is 2.15. The van der Waals surface area contributed by atoms with Gasteiger partial charge >= 0.3 is 12.1 Å². The Morgan fingerprint density at radius 3 is 2.52 bits per heavy atom. The summed E-state index contributed by atoms with van der Waals surface area (Å²) in [6.07, 6.45) is 0.952. The van der Waals surface area contributed by atoms with Gasteiger partial charge in [-0.05, 0) is 42.0 Å². The molecule has 0 saturated heterocycles. The van der Waals surface area contributed by atoms with Crippen LogP contribution in [0, 0.1) is 0 Å². The third kappa shape index (κ3) is 6.34. The van der Waals surface area contributed by atoms with Crippen molar-refractivity contribution in [2.75, 3.05) is 12.4 Å². The molecule has 2 rings (SSSR count). The first-order chi connectivity index (χ1) is 12.9. The largest absolute Gasteiger partial charge is 0.504 e. The molecule has 1 amide bonds. The van der Waals surface area contributed by atoms with Gasteiger partial charge in [0.2, 0.25) is 0 Å². The number of benzene rings is 2. The summed E-state index contributed by atoms with van der Waals surface area (Å²) >= 11 is 3.31. The van der Waals surface area contributed by atoms with Crippen LogP contribution in [0.5, 0.6) is 11.5 Å². The number of phenols is 1. The van der Waals surface area contributed by atoms with Gasteiger partial charge in [0.15, 0.2) is 11.5 Å². The highest BCUT2D eigenvalue weighted by molar-refractivity contribution is 9.10. The van der Waals surface area contributed by atoms with Crippen LogP contribution in [0.25, 0.3) is 0 Å². The van der Waals surface area contributed by atoms with Crippen molar-refractivity contribution in [2.45, 2.75) is 12.5 Å². The number of amides is 1. The first-order valence-corrected chi connectivity index (χ1v) is 8.68. The predicted octanol–water partition coefficient (Wildman–Crippen LogP) is 4.48. The van der Waals surface area contributed by atoms with Gasteiger partial charge in [0, 0.05) is 22.7 Å². The third-order valence-corrected chi connectivity index (χ3v) is 4.05. The van der Waals surface area contributed by atoms with Gasteiger partial charge in [-0.3, -0.25) is 5.32 Å². The number of aromatic hydroxyl groups is 1.